The molecule has 0 saturated carbocycles. The molecule has 0 atom stereocenters. The summed E-state index contributed by atoms with van der Waals surface area (Å²) in [4.78, 5) is 10.1. The Kier molecular flexibility index (Phi) is 6.02. The van der Waals surface area contributed by atoms with Gasteiger partial charge in [-0.25, -0.2) is 12.8 Å². The van der Waals surface area contributed by atoms with E-state index >= 15 is 0 Å². The summed E-state index contributed by atoms with van der Waals surface area (Å²) in [5, 5.41) is 3.29. The van der Waals surface area contributed by atoms with Crippen LogP contribution in [0, 0.1) is 5.82 Å². The highest BCUT2D eigenvalue weighted by Gasteiger charge is 2.16. The van der Waals surface area contributed by atoms with E-state index in [4.69, 9.17) is 5.53 Å². The Hall–Kier alpha value is -3.94. The molecular formula is C23H18FN5O2S. The molecule has 7 nitrogen and oxygen atoms in total. The van der Waals surface area contributed by atoms with Gasteiger partial charge in [-0.05, 0) is 59.1 Å². The SMILES string of the molecule is [N-]=[N+]=NCCS(=O)(=O)c1ccc(-c2cc(-c3ccncc3)c(-c3cccc(F)c3)[nH]2)cc1. The number of hydrogen-bond donors (Lipinski definition) is 1. The molecule has 2 aromatic carbocycles. The Balaban J connectivity index is 1.74. The second-order valence-electron chi connectivity index (χ2n) is 7.02. The first-order valence-corrected chi connectivity index (χ1v) is 11.4. The molecule has 0 amide bonds. The van der Waals surface area contributed by atoms with Crippen molar-refractivity contribution in [3.05, 3.63) is 95.4 Å². The van der Waals surface area contributed by atoms with Gasteiger partial charge in [0, 0.05) is 40.7 Å². The molecule has 0 spiro atoms. The minimum atomic E-state index is -3.55. The summed E-state index contributed by atoms with van der Waals surface area (Å²) in [6.45, 7) is -0.122. The van der Waals surface area contributed by atoms with E-state index in [0.717, 1.165) is 28.1 Å². The van der Waals surface area contributed by atoms with Crippen LogP contribution in [-0.2, 0) is 9.84 Å². The van der Waals surface area contributed by atoms with Crippen molar-refractivity contribution in [1.29, 1.82) is 0 Å². The lowest BCUT2D eigenvalue weighted by Gasteiger charge is -2.05. The number of hydrogen-bond acceptors (Lipinski definition) is 4. The molecule has 0 saturated heterocycles. The number of sulfone groups is 1. The van der Waals surface area contributed by atoms with E-state index < -0.39 is 9.84 Å². The highest BCUT2D eigenvalue weighted by atomic mass is 32.2. The molecule has 1 N–H and O–H groups in total. The minimum absolute atomic E-state index is 0.122. The lowest BCUT2D eigenvalue weighted by atomic mass is 10.0. The first-order chi connectivity index (χ1) is 15.5. The second kappa shape index (κ2) is 9.05. The molecule has 0 aliphatic heterocycles. The van der Waals surface area contributed by atoms with Crippen LogP contribution in [0.4, 0.5) is 4.39 Å². The van der Waals surface area contributed by atoms with Gasteiger partial charge in [-0.15, -0.1) is 0 Å². The van der Waals surface area contributed by atoms with Gasteiger partial charge in [-0.3, -0.25) is 4.98 Å². The predicted octanol–water partition coefficient (Wildman–Crippen LogP) is 5.63. The van der Waals surface area contributed by atoms with Gasteiger partial charge in [0.05, 0.1) is 16.3 Å². The van der Waals surface area contributed by atoms with Crippen molar-refractivity contribution in [2.45, 2.75) is 4.90 Å². The van der Waals surface area contributed by atoms with E-state index in [2.05, 4.69) is 20.0 Å². The van der Waals surface area contributed by atoms with Crippen molar-refractivity contribution >= 4 is 9.84 Å². The second-order valence-corrected chi connectivity index (χ2v) is 9.12. The quantitative estimate of drug-likeness (QED) is 0.225. The number of aromatic nitrogens is 2. The molecule has 0 fully saturated rings. The number of aromatic amines is 1. The number of nitrogens with one attached hydrogen (secondary N) is 1. The fourth-order valence-electron chi connectivity index (χ4n) is 3.41. The Morgan fingerprint density at radius 3 is 2.41 bits per heavy atom. The van der Waals surface area contributed by atoms with Crippen LogP contribution < -0.4 is 0 Å². The van der Waals surface area contributed by atoms with Gasteiger partial charge in [0.1, 0.15) is 5.82 Å². The average Bonchev–Trinajstić information content (AvgIpc) is 3.25. The van der Waals surface area contributed by atoms with Gasteiger partial charge >= 0.3 is 0 Å². The van der Waals surface area contributed by atoms with Crippen LogP contribution in [-0.4, -0.2) is 30.7 Å². The lowest BCUT2D eigenvalue weighted by Crippen LogP contribution is -2.08. The van der Waals surface area contributed by atoms with Gasteiger partial charge in [0.15, 0.2) is 9.84 Å². The summed E-state index contributed by atoms with van der Waals surface area (Å²) in [7, 11) is -3.55. The van der Waals surface area contributed by atoms with Gasteiger partial charge < -0.3 is 4.98 Å². The third kappa shape index (κ3) is 4.54. The number of nitrogens with zero attached hydrogens (tertiary/aromatic N) is 4. The Morgan fingerprint density at radius 2 is 1.72 bits per heavy atom. The maximum atomic E-state index is 13.9. The predicted molar refractivity (Wildman–Crippen MR) is 121 cm³/mol. The van der Waals surface area contributed by atoms with Crippen LogP contribution in [0.25, 0.3) is 44.1 Å². The van der Waals surface area contributed by atoms with E-state index in [9.17, 15) is 12.8 Å². The normalized spacial score (nSPS) is 11.2. The Labute approximate surface area is 184 Å². The highest BCUT2D eigenvalue weighted by Crippen LogP contribution is 2.36. The molecule has 0 unspecified atom stereocenters. The molecule has 2 heterocycles. The molecule has 0 bridgehead atoms. The molecule has 0 radical (unpaired) electrons. The Bertz CT molecular complexity index is 1390. The summed E-state index contributed by atoms with van der Waals surface area (Å²) in [6, 6.07) is 18.5. The zero-order chi connectivity index (χ0) is 22.6. The Morgan fingerprint density at radius 1 is 0.969 bits per heavy atom. The molecule has 32 heavy (non-hydrogen) atoms. The number of halogens is 1. The van der Waals surface area contributed by atoms with E-state index in [1.54, 1.807) is 30.6 Å². The molecule has 2 aromatic heterocycles. The van der Waals surface area contributed by atoms with Gasteiger partial charge in [-0.1, -0.05) is 29.4 Å². The van der Waals surface area contributed by atoms with Gasteiger partial charge in [0.2, 0.25) is 0 Å². The molecular weight excluding hydrogens is 429 g/mol. The van der Waals surface area contributed by atoms with Crippen LogP contribution >= 0.6 is 0 Å². The molecule has 160 valence electrons. The third-order valence-electron chi connectivity index (χ3n) is 4.97. The topological polar surface area (TPSA) is 112 Å². The minimum Gasteiger partial charge on any atom is -0.354 e. The summed E-state index contributed by atoms with van der Waals surface area (Å²) < 4.78 is 38.6. The van der Waals surface area contributed by atoms with Gasteiger partial charge in [-0.2, -0.15) is 0 Å². The largest absolute Gasteiger partial charge is 0.354 e. The monoisotopic (exact) mass is 447 g/mol. The van der Waals surface area contributed by atoms with Crippen LogP contribution in [0.3, 0.4) is 0 Å². The summed E-state index contributed by atoms with van der Waals surface area (Å²) in [5.41, 5.74) is 13.1. The van der Waals surface area contributed by atoms with Crippen LogP contribution in [0.15, 0.2) is 89.1 Å². The molecule has 4 rings (SSSR count). The van der Waals surface area contributed by atoms with E-state index in [1.807, 2.05) is 24.3 Å². The van der Waals surface area contributed by atoms with E-state index in [0.29, 0.717) is 5.56 Å². The van der Waals surface area contributed by atoms with Crippen LogP contribution in [0.5, 0.6) is 0 Å². The third-order valence-corrected chi connectivity index (χ3v) is 6.68. The van der Waals surface area contributed by atoms with Gasteiger partial charge in [0.25, 0.3) is 0 Å². The summed E-state index contributed by atoms with van der Waals surface area (Å²) in [5.74, 6) is -0.593. The van der Waals surface area contributed by atoms with Crippen molar-refractivity contribution in [2.24, 2.45) is 5.11 Å². The van der Waals surface area contributed by atoms with Crippen molar-refractivity contribution in [3.63, 3.8) is 0 Å². The first kappa shape index (κ1) is 21.3. The number of pyridine rings is 1. The van der Waals surface area contributed by atoms with Crippen molar-refractivity contribution in [3.8, 4) is 33.6 Å². The lowest BCUT2D eigenvalue weighted by molar-refractivity contribution is 0.596. The highest BCUT2D eigenvalue weighted by molar-refractivity contribution is 7.91. The molecule has 0 aliphatic carbocycles. The van der Waals surface area contributed by atoms with E-state index in [1.165, 1.54) is 24.3 Å². The van der Waals surface area contributed by atoms with E-state index in [-0.39, 0.29) is 23.0 Å². The van der Waals surface area contributed by atoms with Crippen molar-refractivity contribution in [2.75, 3.05) is 12.3 Å². The molecule has 4 aromatic rings. The van der Waals surface area contributed by atoms with Crippen molar-refractivity contribution < 1.29 is 12.8 Å². The fourth-order valence-corrected chi connectivity index (χ4v) is 4.51. The number of azide groups is 1. The zero-order valence-electron chi connectivity index (χ0n) is 16.8. The summed E-state index contributed by atoms with van der Waals surface area (Å²) in [6.07, 6.45) is 3.38. The zero-order valence-corrected chi connectivity index (χ0v) is 17.6. The maximum Gasteiger partial charge on any atom is 0.178 e. The van der Waals surface area contributed by atoms with Crippen LogP contribution in [0.2, 0.25) is 0 Å². The molecule has 9 heteroatoms. The maximum absolute atomic E-state index is 13.9. The average molecular weight is 447 g/mol. The van der Waals surface area contributed by atoms with Crippen molar-refractivity contribution in [1.82, 2.24) is 9.97 Å². The number of benzene rings is 2. The number of rotatable bonds is 7. The number of H-pyrrole nitrogens is 1. The molecule has 0 aliphatic rings. The standard InChI is InChI=1S/C23H18FN5O2S/c24-19-3-1-2-18(14-19)23-21(16-8-10-26-11-9-16)15-22(28-23)17-4-6-20(7-5-17)32(30,31)13-12-27-29-25/h1-11,14-15,28H,12-13H2. The fraction of sp³-hybridized carbons (Fsp3) is 0.0870. The smallest absolute Gasteiger partial charge is 0.178 e. The van der Waals surface area contributed by atoms with Crippen LogP contribution in [0.1, 0.15) is 0 Å². The first-order valence-electron chi connectivity index (χ1n) is 9.71. The summed E-state index contributed by atoms with van der Waals surface area (Å²) >= 11 is 0.